The number of amides is 1. The second-order valence-corrected chi connectivity index (χ2v) is 8.76. The predicted molar refractivity (Wildman–Crippen MR) is 132 cm³/mol. The number of aliphatic hydroxyl groups is 1. The topological polar surface area (TPSA) is 94.4 Å². The van der Waals surface area contributed by atoms with Crippen LogP contribution < -0.4 is 9.47 Å². The van der Waals surface area contributed by atoms with Crippen LogP contribution in [0.3, 0.4) is 0 Å². The normalized spacial score (nSPS) is 15.8. The molecule has 2 aromatic carbocycles. The van der Waals surface area contributed by atoms with Crippen molar-refractivity contribution in [1.82, 2.24) is 0 Å². The monoisotopic (exact) mass is 531 g/mol. The van der Waals surface area contributed by atoms with E-state index in [4.69, 9.17) is 14.2 Å². The fourth-order valence-electron chi connectivity index (χ4n) is 2.98. The molecule has 172 valence electrons. The molecule has 1 N–H and O–H groups in total. The SMILES string of the molecule is CCOC(=O)C1=C(O)/C(=C/c2cc(Br)c(OC)cc2OC)SC1=NC(=O)c1ccc(C)cc1. The van der Waals surface area contributed by atoms with Gasteiger partial charge in [-0.1, -0.05) is 29.5 Å². The van der Waals surface area contributed by atoms with Gasteiger partial charge in [-0.25, -0.2) is 9.79 Å². The molecule has 0 atom stereocenters. The van der Waals surface area contributed by atoms with Crippen LogP contribution in [0.1, 0.15) is 28.4 Å². The van der Waals surface area contributed by atoms with Gasteiger partial charge in [-0.15, -0.1) is 0 Å². The Balaban J connectivity index is 2.06. The molecule has 0 fully saturated rings. The second-order valence-electron chi connectivity index (χ2n) is 6.87. The van der Waals surface area contributed by atoms with Gasteiger partial charge in [-0.2, -0.15) is 0 Å². The fourth-order valence-corrected chi connectivity index (χ4v) is 4.51. The fraction of sp³-hybridized carbons (Fsp3) is 0.208. The van der Waals surface area contributed by atoms with E-state index in [9.17, 15) is 14.7 Å². The summed E-state index contributed by atoms with van der Waals surface area (Å²) in [5.74, 6) is -0.536. The number of halogens is 1. The molecule has 0 saturated heterocycles. The molecule has 7 nitrogen and oxygen atoms in total. The van der Waals surface area contributed by atoms with Crippen LogP contribution in [0.25, 0.3) is 6.08 Å². The highest BCUT2D eigenvalue weighted by atomic mass is 79.9. The quantitative estimate of drug-likeness (QED) is 0.493. The lowest BCUT2D eigenvalue weighted by Crippen LogP contribution is -2.14. The Kier molecular flexibility index (Phi) is 7.99. The number of hydrogen-bond donors (Lipinski definition) is 1. The zero-order valence-electron chi connectivity index (χ0n) is 18.5. The number of aliphatic imine (C=N–C) groups is 1. The second kappa shape index (κ2) is 10.7. The van der Waals surface area contributed by atoms with Crippen molar-refractivity contribution < 1.29 is 28.9 Å². The third-order valence-electron chi connectivity index (χ3n) is 4.66. The standard InChI is InChI=1S/C24H22BrNO6S/c1-5-32-24(29)20-21(27)19(11-15-10-16(25)18(31-4)12-17(15)30-3)33-23(20)26-22(28)14-8-6-13(2)7-9-14/h6-12,27H,5H2,1-4H3/b19-11-,26-23?. The van der Waals surface area contributed by atoms with E-state index < -0.39 is 11.9 Å². The Morgan fingerprint density at radius 1 is 1.12 bits per heavy atom. The van der Waals surface area contributed by atoms with Crippen LogP contribution in [0.15, 0.2) is 62.1 Å². The number of carbonyl (C=O) groups is 2. The van der Waals surface area contributed by atoms with Gasteiger partial charge in [0.25, 0.3) is 5.91 Å². The van der Waals surface area contributed by atoms with Crippen LogP contribution in [-0.2, 0) is 9.53 Å². The highest BCUT2D eigenvalue weighted by molar-refractivity contribution is 9.10. The van der Waals surface area contributed by atoms with Crippen molar-refractivity contribution in [3.05, 3.63) is 73.8 Å². The van der Waals surface area contributed by atoms with Crippen molar-refractivity contribution in [1.29, 1.82) is 0 Å². The van der Waals surface area contributed by atoms with E-state index in [0.717, 1.165) is 17.3 Å². The Hall–Kier alpha value is -3.04. The number of carbonyl (C=O) groups excluding carboxylic acids is 2. The summed E-state index contributed by atoms with van der Waals surface area (Å²) in [7, 11) is 3.05. The van der Waals surface area contributed by atoms with Gasteiger partial charge in [0.15, 0.2) is 0 Å². The predicted octanol–water partition coefficient (Wildman–Crippen LogP) is 5.48. The van der Waals surface area contributed by atoms with E-state index in [-0.39, 0.29) is 23.0 Å². The number of methoxy groups -OCH3 is 2. The highest BCUT2D eigenvalue weighted by Crippen LogP contribution is 2.41. The molecule has 1 heterocycles. The number of thioether (sulfide) groups is 1. The summed E-state index contributed by atoms with van der Waals surface area (Å²) in [5.41, 5.74) is 1.84. The van der Waals surface area contributed by atoms with Crippen molar-refractivity contribution in [2.24, 2.45) is 4.99 Å². The molecule has 0 spiro atoms. The van der Waals surface area contributed by atoms with E-state index in [1.54, 1.807) is 56.5 Å². The molecular weight excluding hydrogens is 510 g/mol. The third-order valence-corrected chi connectivity index (χ3v) is 6.30. The lowest BCUT2D eigenvalue weighted by Gasteiger charge is -2.10. The van der Waals surface area contributed by atoms with Gasteiger partial charge in [-0.05, 0) is 54.1 Å². The number of esters is 1. The lowest BCUT2D eigenvalue weighted by atomic mass is 10.1. The van der Waals surface area contributed by atoms with Crippen LogP contribution >= 0.6 is 27.7 Å². The zero-order chi connectivity index (χ0) is 24.1. The van der Waals surface area contributed by atoms with E-state index in [1.165, 1.54) is 7.11 Å². The number of benzene rings is 2. The third kappa shape index (κ3) is 5.48. The molecule has 33 heavy (non-hydrogen) atoms. The molecule has 0 aromatic heterocycles. The highest BCUT2D eigenvalue weighted by Gasteiger charge is 2.34. The summed E-state index contributed by atoms with van der Waals surface area (Å²) in [6.07, 6.45) is 1.64. The summed E-state index contributed by atoms with van der Waals surface area (Å²) >= 11 is 4.43. The molecule has 0 radical (unpaired) electrons. The van der Waals surface area contributed by atoms with Crippen LogP contribution in [0.2, 0.25) is 0 Å². The van der Waals surface area contributed by atoms with Crippen LogP contribution in [-0.4, -0.2) is 42.9 Å². The Morgan fingerprint density at radius 2 is 1.79 bits per heavy atom. The first-order valence-electron chi connectivity index (χ1n) is 9.90. The number of aryl methyl sites for hydroxylation is 1. The number of rotatable bonds is 6. The van der Waals surface area contributed by atoms with Gasteiger partial charge in [0.2, 0.25) is 0 Å². The largest absolute Gasteiger partial charge is 0.506 e. The van der Waals surface area contributed by atoms with E-state index >= 15 is 0 Å². The molecule has 0 aliphatic carbocycles. The van der Waals surface area contributed by atoms with E-state index in [0.29, 0.717) is 32.0 Å². The maximum Gasteiger partial charge on any atom is 0.344 e. The van der Waals surface area contributed by atoms with Crippen molar-refractivity contribution in [3.63, 3.8) is 0 Å². The lowest BCUT2D eigenvalue weighted by molar-refractivity contribution is -0.138. The van der Waals surface area contributed by atoms with Crippen molar-refractivity contribution in [2.75, 3.05) is 20.8 Å². The molecule has 1 amide bonds. The number of aliphatic hydroxyl groups excluding tert-OH is 1. The summed E-state index contributed by atoms with van der Waals surface area (Å²) in [4.78, 5) is 29.7. The smallest absolute Gasteiger partial charge is 0.344 e. The Bertz CT molecular complexity index is 1180. The molecule has 3 rings (SSSR count). The van der Waals surface area contributed by atoms with Crippen molar-refractivity contribution in [2.45, 2.75) is 13.8 Å². The van der Waals surface area contributed by atoms with Gasteiger partial charge >= 0.3 is 5.97 Å². The first kappa shape index (κ1) is 24.6. The van der Waals surface area contributed by atoms with Crippen molar-refractivity contribution >= 4 is 50.7 Å². The van der Waals surface area contributed by atoms with Crippen LogP contribution in [0, 0.1) is 6.92 Å². The first-order chi connectivity index (χ1) is 15.8. The zero-order valence-corrected chi connectivity index (χ0v) is 20.9. The number of ether oxygens (including phenoxy) is 3. The van der Waals surface area contributed by atoms with Gasteiger partial charge in [0.1, 0.15) is 27.9 Å². The van der Waals surface area contributed by atoms with Gasteiger partial charge in [-0.3, -0.25) is 4.79 Å². The number of nitrogens with zero attached hydrogens (tertiary/aromatic N) is 1. The molecule has 1 aliphatic rings. The summed E-state index contributed by atoms with van der Waals surface area (Å²) in [6.45, 7) is 3.68. The molecule has 9 heteroatoms. The van der Waals surface area contributed by atoms with E-state index in [2.05, 4.69) is 20.9 Å². The molecule has 0 saturated carbocycles. The Labute approximate surface area is 204 Å². The molecule has 2 aromatic rings. The molecule has 0 bridgehead atoms. The minimum Gasteiger partial charge on any atom is -0.506 e. The van der Waals surface area contributed by atoms with Gasteiger partial charge in [0.05, 0.1) is 30.2 Å². The summed E-state index contributed by atoms with van der Waals surface area (Å²) in [6, 6.07) is 10.4. The summed E-state index contributed by atoms with van der Waals surface area (Å²) < 4.78 is 16.5. The summed E-state index contributed by atoms with van der Waals surface area (Å²) in [5, 5.41) is 10.9. The van der Waals surface area contributed by atoms with E-state index in [1.807, 2.05) is 6.92 Å². The maximum atomic E-state index is 12.7. The molecular formula is C24H22BrNO6S. The Morgan fingerprint density at radius 3 is 2.39 bits per heavy atom. The molecule has 1 aliphatic heterocycles. The molecule has 0 unspecified atom stereocenters. The van der Waals surface area contributed by atoms with Crippen LogP contribution in [0.4, 0.5) is 0 Å². The van der Waals surface area contributed by atoms with Gasteiger partial charge in [0, 0.05) is 17.2 Å². The first-order valence-corrected chi connectivity index (χ1v) is 11.5. The maximum absolute atomic E-state index is 12.7. The average Bonchev–Trinajstić information content (AvgIpc) is 3.09. The van der Waals surface area contributed by atoms with Gasteiger partial charge < -0.3 is 19.3 Å². The van der Waals surface area contributed by atoms with Crippen LogP contribution in [0.5, 0.6) is 11.5 Å². The average molecular weight is 532 g/mol. The van der Waals surface area contributed by atoms with Crippen molar-refractivity contribution in [3.8, 4) is 11.5 Å². The minimum atomic E-state index is -0.760. The minimum absolute atomic E-state index is 0.0642. The number of hydrogen-bond acceptors (Lipinski definition) is 7.